The van der Waals surface area contributed by atoms with Crippen LogP contribution in [-0.2, 0) is 10.2 Å². The van der Waals surface area contributed by atoms with Gasteiger partial charge in [-0.25, -0.2) is 9.97 Å². The Labute approximate surface area is 153 Å². The first-order chi connectivity index (χ1) is 12.7. The van der Waals surface area contributed by atoms with Gasteiger partial charge >= 0.3 is 0 Å². The van der Waals surface area contributed by atoms with Gasteiger partial charge in [-0.1, -0.05) is 42.5 Å². The van der Waals surface area contributed by atoms with Gasteiger partial charge in [-0.2, -0.15) is 0 Å². The maximum absolute atomic E-state index is 12.5. The van der Waals surface area contributed by atoms with Crippen LogP contribution in [0.3, 0.4) is 0 Å². The van der Waals surface area contributed by atoms with E-state index in [0.29, 0.717) is 6.54 Å². The first-order valence-corrected chi connectivity index (χ1v) is 8.91. The molecule has 0 bridgehead atoms. The van der Waals surface area contributed by atoms with Crippen molar-refractivity contribution < 1.29 is 4.79 Å². The molecular formula is C21H22N4O. The monoisotopic (exact) mass is 346 g/mol. The van der Waals surface area contributed by atoms with Crippen LogP contribution in [0.15, 0.2) is 60.9 Å². The summed E-state index contributed by atoms with van der Waals surface area (Å²) in [5.41, 5.74) is 2.32. The molecule has 3 aromatic rings. The van der Waals surface area contributed by atoms with Crippen LogP contribution in [0.2, 0.25) is 0 Å². The van der Waals surface area contributed by atoms with Gasteiger partial charge in [0.2, 0.25) is 5.91 Å². The number of para-hydroxylation sites is 1. The van der Waals surface area contributed by atoms with E-state index in [9.17, 15) is 4.79 Å². The van der Waals surface area contributed by atoms with Crippen LogP contribution in [0.4, 0.5) is 5.82 Å². The molecule has 1 fully saturated rings. The molecule has 5 nitrogen and oxygen atoms in total. The molecule has 0 unspecified atom stereocenters. The summed E-state index contributed by atoms with van der Waals surface area (Å²) in [5, 5.41) is 4.06. The minimum atomic E-state index is 0.0115. The Balaban J connectivity index is 1.40. The molecule has 1 aliphatic carbocycles. The van der Waals surface area contributed by atoms with Gasteiger partial charge in [-0.3, -0.25) is 4.79 Å². The average molecular weight is 346 g/mol. The highest BCUT2D eigenvalue weighted by molar-refractivity contribution is 5.91. The molecule has 1 N–H and O–H groups in total. The molecule has 1 saturated carbocycles. The van der Waals surface area contributed by atoms with Crippen molar-refractivity contribution in [3.05, 3.63) is 66.5 Å². The summed E-state index contributed by atoms with van der Waals surface area (Å²) < 4.78 is 0. The van der Waals surface area contributed by atoms with Crippen LogP contribution in [0.25, 0.3) is 10.9 Å². The van der Waals surface area contributed by atoms with Crippen molar-refractivity contribution in [2.45, 2.75) is 18.3 Å². The fourth-order valence-corrected chi connectivity index (χ4v) is 3.42. The SMILES string of the molecule is CN(CC(=O)NCC1(c2ccccc2)CC1)c1ncnc2ccccc12. The first kappa shape index (κ1) is 16.5. The first-order valence-electron chi connectivity index (χ1n) is 8.91. The number of likely N-dealkylation sites (N-methyl/N-ethyl adjacent to an activating group) is 1. The molecule has 132 valence electrons. The Hall–Kier alpha value is -2.95. The molecule has 0 spiro atoms. The van der Waals surface area contributed by atoms with Gasteiger partial charge in [-0.05, 0) is 30.5 Å². The third-order valence-corrected chi connectivity index (χ3v) is 5.13. The van der Waals surface area contributed by atoms with Gasteiger partial charge in [0.05, 0.1) is 12.1 Å². The summed E-state index contributed by atoms with van der Waals surface area (Å²) in [6.07, 6.45) is 3.80. The fraction of sp³-hybridized carbons (Fsp3) is 0.286. The van der Waals surface area contributed by atoms with Crippen LogP contribution < -0.4 is 10.2 Å². The van der Waals surface area contributed by atoms with Crippen LogP contribution in [0.1, 0.15) is 18.4 Å². The summed E-state index contributed by atoms with van der Waals surface area (Å²) in [6, 6.07) is 18.3. The molecule has 2 aromatic carbocycles. The summed E-state index contributed by atoms with van der Waals surface area (Å²) in [7, 11) is 1.89. The number of fused-ring (bicyclic) bond motifs is 1. The van der Waals surface area contributed by atoms with E-state index in [1.807, 2.05) is 42.3 Å². The molecule has 1 aromatic heterocycles. The van der Waals surface area contributed by atoms with Crippen molar-refractivity contribution in [1.29, 1.82) is 0 Å². The molecule has 26 heavy (non-hydrogen) atoms. The van der Waals surface area contributed by atoms with E-state index in [4.69, 9.17) is 0 Å². The van der Waals surface area contributed by atoms with Gasteiger partial charge in [0.1, 0.15) is 12.1 Å². The Morgan fingerprint density at radius 2 is 1.81 bits per heavy atom. The second kappa shape index (κ2) is 6.75. The van der Waals surface area contributed by atoms with Crippen LogP contribution in [-0.4, -0.2) is 36.0 Å². The molecule has 0 radical (unpaired) electrons. The largest absolute Gasteiger partial charge is 0.354 e. The van der Waals surface area contributed by atoms with Crippen LogP contribution in [0, 0.1) is 0 Å². The van der Waals surface area contributed by atoms with Crippen molar-refractivity contribution in [2.24, 2.45) is 0 Å². The number of amides is 1. The van der Waals surface area contributed by atoms with Gasteiger partial charge in [0, 0.05) is 24.4 Å². The highest BCUT2D eigenvalue weighted by atomic mass is 16.2. The molecule has 0 aliphatic heterocycles. The van der Waals surface area contributed by atoms with E-state index in [2.05, 4.69) is 39.6 Å². The maximum Gasteiger partial charge on any atom is 0.239 e. The third-order valence-electron chi connectivity index (χ3n) is 5.13. The number of nitrogens with one attached hydrogen (secondary N) is 1. The van der Waals surface area contributed by atoms with Crippen LogP contribution in [0.5, 0.6) is 0 Å². The van der Waals surface area contributed by atoms with Crippen molar-refractivity contribution in [1.82, 2.24) is 15.3 Å². The van der Waals surface area contributed by atoms with Gasteiger partial charge in [0.25, 0.3) is 0 Å². The Morgan fingerprint density at radius 3 is 2.58 bits per heavy atom. The normalized spacial score (nSPS) is 14.8. The van der Waals surface area contributed by atoms with E-state index in [-0.39, 0.29) is 17.9 Å². The van der Waals surface area contributed by atoms with Gasteiger partial charge < -0.3 is 10.2 Å². The maximum atomic E-state index is 12.5. The Kier molecular flexibility index (Phi) is 4.29. The summed E-state index contributed by atoms with van der Waals surface area (Å²) in [4.78, 5) is 23.0. The predicted molar refractivity (Wildman–Crippen MR) is 103 cm³/mol. The number of carbonyl (C=O) groups excluding carboxylic acids is 1. The highest BCUT2D eigenvalue weighted by Crippen LogP contribution is 2.47. The smallest absolute Gasteiger partial charge is 0.239 e. The van der Waals surface area contributed by atoms with Gasteiger partial charge in [-0.15, -0.1) is 0 Å². The van der Waals surface area contributed by atoms with E-state index < -0.39 is 0 Å². The Bertz CT molecular complexity index is 916. The van der Waals surface area contributed by atoms with E-state index in [1.165, 1.54) is 5.56 Å². The van der Waals surface area contributed by atoms with E-state index in [0.717, 1.165) is 29.6 Å². The van der Waals surface area contributed by atoms with Crippen molar-refractivity contribution >= 4 is 22.6 Å². The molecule has 0 atom stereocenters. The standard InChI is InChI=1S/C21H22N4O/c1-25(20-17-9-5-6-10-18(17)23-15-24-20)13-19(26)22-14-21(11-12-21)16-7-3-2-4-8-16/h2-10,15H,11-14H2,1H3,(H,22,26). The summed E-state index contributed by atoms with van der Waals surface area (Å²) in [6.45, 7) is 0.958. The molecule has 1 heterocycles. The third kappa shape index (κ3) is 3.25. The lowest BCUT2D eigenvalue weighted by molar-refractivity contribution is -0.119. The van der Waals surface area contributed by atoms with E-state index >= 15 is 0 Å². The number of hydrogen-bond donors (Lipinski definition) is 1. The molecule has 4 rings (SSSR count). The number of nitrogens with zero attached hydrogens (tertiary/aromatic N) is 3. The quantitative estimate of drug-likeness (QED) is 0.746. The minimum Gasteiger partial charge on any atom is -0.354 e. The average Bonchev–Trinajstić information content (AvgIpc) is 3.48. The lowest BCUT2D eigenvalue weighted by Crippen LogP contribution is -2.39. The van der Waals surface area contributed by atoms with Crippen molar-refractivity contribution in [3.8, 4) is 0 Å². The highest BCUT2D eigenvalue weighted by Gasteiger charge is 2.44. The van der Waals surface area contributed by atoms with Gasteiger partial charge in [0.15, 0.2) is 0 Å². The van der Waals surface area contributed by atoms with Crippen molar-refractivity contribution in [2.75, 3.05) is 25.0 Å². The topological polar surface area (TPSA) is 58.1 Å². The number of carbonyl (C=O) groups is 1. The minimum absolute atomic E-state index is 0.0115. The number of aromatic nitrogens is 2. The van der Waals surface area contributed by atoms with E-state index in [1.54, 1.807) is 6.33 Å². The fourth-order valence-electron chi connectivity index (χ4n) is 3.42. The number of hydrogen-bond acceptors (Lipinski definition) is 4. The summed E-state index contributed by atoms with van der Waals surface area (Å²) >= 11 is 0. The summed E-state index contributed by atoms with van der Waals surface area (Å²) in [5.74, 6) is 0.785. The number of benzene rings is 2. The second-order valence-electron chi connectivity index (χ2n) is 6.99. The molecule has 1 aliphatic rings. The second-order valence-corrected chi connectivity index (χ2v) is 6.99. The lowest BCUT2D eigenvalue weighted by atomic mass is 9.96. The number of rotatable bonds is 6. The molecule has 5 heteroatoms. The van der Waals surface area contributed by atoms with Crippen LogP contribution >= 0.6 is 0 Å². The zero-order chi connectivity index (χ0) is 18.0. The lowest BCUT2D eigenvalue weighted by Gasteiger charge is -2.21. The Morgan fingerprint density at radius 1 is 1.08 bits per heavy atom. The molecule has 0 saturated heterocycles. The molecule has 1 amide bonds. The zero-order valence-electron chi connectivity index (χ0n) is 14.9. The zero-order valence-corrected chi connectivity index (χ0v) is 14.9. The molecular weight excluding hydrogens is 324 g/mol. The van der Waals surface area contributed by atoms with Crippen molar-refractivity contribution in [3.63, 3.8) is 0 Å². The number of anilines is 1. The predicted octanol–water partition coefficient (Wildman–Crippen LogP) is 2.91.